The van der Waals surface area contributed by atoms with E-state index in [1.807, 2.05) is 31.2 Å². The van der Waals surface area contributed by atoms with Gasteiger partial charge in [0.15, 0.2) is 0 Å². The van der Waals surface area contributed by atoms with Gasteiger partial charge in [-0.15, -0.1) is 0 Å². The van der Waals surface area contributed by atoms with Gasteiger partial charge in [0.2, 0.25) is 0 Å². The summed E-state index contributed by atoms with van der Waals surface area (Å²) in [5.41, 5.74) is 0.367. The number of hydrogen-bond acceptors (Lipinski definition) is 4. The Balaban J connectivity index is 2.44. The van der Waals surface area contributed by atoms with Crippen LogP contribution in [0.25, 0.3) is 0 Å². The van der Waals surface area contributed by atoms with Crippen molar-refractivity contribution in [3.63, 3.8) is 0 Å². The minimum absolute atomic E-state index is 0.138. The van der Waals surface area contributed by atoms with Crippen molar-refractivity contribution in [3.05, 3.63) is 29.8 Å². The molecule has 0 spiro atoms. The lowest BCUT2D eigenvalue weighted by Crippen LogP contribution is -2.46. The lowest BCUT2D eigenvalue weighted by molar-refractivity contribution is -0.151. The van der Waals surface area contributed by atoms with Gasteiger partial charge in [-0.05, 0) is 38.9 Å². The highest BCUT2D eigenvalue weighted by molar-refractivity contribution is 5.84. The van der Waals surface area contributed by atoms with Crippen LogP contribution in [0.2, 0.25) is 0 Å². The molecule has 1 aromatic rings. The average Bonchev–Trinajstić information content (AvgIpc) is 2.48. The third kappa shape index (κ3) is 2.59. The highest BCUT2D eigenvalue weighted by Gasteiger charge is 2.44. The summed E-state index contributed by atoms with van der Waals surface area (Å²) in [4.78, 5) is 12.5. The molecule has 1 N–H and O–H groups in total. The molecule has 2 rings (SSSR count). The van der Waals surface area contributed by atoms with Gasteiger partial charge in [0.25, 0.3) is 0 Å². The van der Waals surface area contributed by atoms with Crippen LogP contribution in [-0.4, -0.2) is 32.8 Å². The van der Waals surface area contributed by atoms with Gasteiger partial charge >= 0.3 is 5.97 Å². The summed E-state index contributed by atoms with van der Waals surface area (Å²) in [6.07, 6.45) is 1.48. The van der Waals surface area contributed by atoms with Gasteiger partial charge in [0, 0.05) is 5.56 Å². The fraction of sp³-hybridized carbons (Fsp3) is 0.533. The van der Waals surface area contributed by atoms with Crippen LogP contribution in [-0.2, 0) is 14.9 Å². The predicted molar refractivity (Wildman–Crippen MR) is 73.4 cm³/mol. The summed E-state index contributed by atoms with van der Waals surface area (Å²) in [6.45, 7) is 3.88. The second kappa shape index (κ2) is 6.06. The largest absolute Gasteiger partial charge is 0.496 e. The second-order valence-corrected chi connectivity index (χ2v) is 4.75. The zero-order valence-electron chi connectivity index (χ0n) is 11.6. The number of benzene rings is 1. The predicted octanol–water partition coefficient (Wildman–Crippen LogP) is 1.88. The van der Waals surface area contributed by atoms with Crippen molar-refractivity contribution >= 4 is 5.97 Å². The van der Waals surface area contributed by atoms with E-state index in [1.54, 1.807) is 7.11 Å². The number of hydrogen-bond donors (Lipinski definition) is 1. The maximum atomic E-state index is 12.5. The minimum atomic E-state index is -0.576. The number of esters is 1. The Kier molecular flexibility index (Phi) is 4.43. The van der Waals surface area contributed by atoms with Crippen molar-refractivity contribution in [3.8, 4) is 5.75 Å². The molecule has 0 aliphatic carbocycles. The molecule has 0 amide bonds. The molecular formula is C15H21NO3. The van der Waals surface area contributed by atoms with E-state index < -0.39 is 5.41 Å². The third-order valence-corrected chi connectivity index (χ3v) is 3.75. The third-order valence-electron chi connectivity index (χ3n) is 3.75. The van der Waals surface area contributed by atoms with Crippen molar-refractivity contribution in [2.24, 2.45) is 0 Å². The van der Waals surface area contributed by atoms with Crippen LogP contribution in [0, 0.1) is 0 Å². The van der Waals surface area contributed by atoms with E-state index in [9.17, 15) is 4.79 Å². The highest BCUT2D eigenvalue weighted by Crippen LogP contribution is 2.39. The molecule has 19 heavy (non-hydrogen) atoms. The summed E-state index contributed by atoms with van der Waals surface area (Å²) in [7, 11) is 1.64. The maximum absolute atomic E-state index is 12.5. The van der Waals surface area contributed by atoms with Gasteiger partial charge in [-0.3, -0.25) is 4.79 Å². The van der Waals surface area contributed by atoms with E-state index in [0.29, 0.717) is 6.61 Å². The van der Waals surface area contributed by atoms with Crippen molar-refractivity contribution in [2.45, 2.75) is 25.2 Å². The first kappa shape index (κ1) is 13.9. The molecule has 0 unspecified atom stereocenters. The van der Waals surface area contributed by atoms with Gasteiger partial charge in [0.05, 0.1) is 19.1 Å². The summed E-state index contributed by atoms with van der Waals surface area (Å²) in [6, 6.07) is 7.74. The molecule has 4 heteroatoms. The van der Waals surface area contributed by atoms with Crippen molar-refractivity contribution in [1.29, 1.82) is 0 Å². The molecule has 1 saturated heterocycles. The van der Waals surface area contributed by atoms with Crippen LogP contribution in [0.1, 0.15) is 25.3 Å². The maximum Gasteiger partial charge on any atom is 0.316 e. The van der Waals surface area contributed by atoms with E-state index >= 15 is 0 Å². The Hall–Kier alpha value is -1.55. The fourth-order valence-corrected chi connectivity index (χ4v) is 2.75. The molecule has 0 atom stereocenters. The standard InChI is InChI=1S/C15H21NO3/c1-3-19-14(17)15(8-10-16-11-9-15)12-6-4-5-7-13(12)18-2/h4-7,16H,3,8-11H2,1-2H3. The molecular weight excluding hydrogens is 242 g/mol. The molecule has 104 valence electrons. The first-order chi connectivity index (χ1) is 9.24. The van der Waals surface area contributed by atoms with Gasteiger partial charge in [-0.25, -0.2) is 0 Å². The Morgan fingerprint density at radius 3 is 2.63 bits per heavy atom. The van der Waals surface area contributed by atoms with Crippen LogP contribution in [0.3, 0.4) is 0 Å². The molecule has 1 aliphatic heterocycles. The fourth-order valence-electron chi connectivity index (χ4n) is 2.75. The highest BCUT2D eigenvalue weighted by atomic mass is 16.5. The monoisotopic (exact) mass is 263 g/mol. The summed E-state index contributed by atoms with van der Waals surface area (Å²) in [5.74, 6) is 0.624. The van der Waals surface area contributed by atoms with E-state index in [4.69, 9.17) is 9.47 Å². The van der Waals surface area contributed by atoms with Crippen molar-refractivity contribution in [2.75, 3.05) is 26.8 Å². The van der Waals surface area contributed by atoms with Crippen molar-refractivity contribution in [1.82, 2.24) is 5.32 Å². The van der Waals surface area contributed by atoms with Crippen LogP contribution in [0.4, 0.5) is 0 Å². The van der Waals surface area contributed by atoms with Gasteiger partial charge < -0.3 is 14.8 Å². The molecule has 1 fully saturated rings. The molecule has 1 aromatic carbocycles. The Bertz CT molecular complexity index is 439. The molecule has 4 nitrogen and oxygen atoms in total. The van der Waals surface area contributed by atoms with E-state index in [0.717, 1.165) is 37.2 Å². The number of ether oxygens (including phenoxy) is 2. The van der Waals surface area contributed by atoms with E-state index in [1.165, 1.54) is 0 Å². The van der Waals surface area contributed by atoms with E-state index in [-0.39, 0.29) is 5.97 Å². The first-order valence-corrected chi connectivity index (χ1v) is 6.76. The number of para-hydroxylation sites is 1. The Morgan fingerprint density at radius 1 is 1.32 bits per heavy atom. The number of rotatable bonds is 4. The van der Waals surface area contributed by atoms with Gasteiger partial charge in [-0.2, -0.15) is 0 Å². The SMILES string of the molecule is CCOC(=O)C1(c2ccccc2OC)CCNCC1. The topological polar surface area (TPSA) is 47.6 Å². The first-order valence-electron chi connectivity index (χ1n) is 6.76. The zero-order valence-corrected chi connectivity index (χ0v) is 11.6. The number of nitrogens with one attached hydrogen (secondary N) is 1. The van der Waals surface area contributed by atoms with Crippen molar-refractivity contribution < 1.29 is 14.3 Å². The smallest absolute Gasteiger partial charge is 0.316 e. The Labute approximate surface area is 114 Å². The number of piperidine rings is 1. The number of methoxy groups -OCH3 is 1. The lowest BCUT2D eigenvalue weighted by Gasteiger charge is -2.36. The summed E-state index contributed by atoms with van der Waals surface area (Å²) < 4.78 is 10.7. The zero-order chi connectivity index (χ0) is 13.7. The number of carbonyl (C=O) groups is 1. The minimum Gasteiger partial charge on any atom is -0.496 e. The molecule has 0 aromatic heterocycles. The molecule has 0 radical (unpaired) electrons. The van der Waals surface area contributed by atoms with Crippen LogP contribution in [0.15, 0.2) is 24.3 Å². The summed E-state index contributed by atoms with van der Waals surface area (Å²) in [5, 5.41) is 3.30. The molecule has 1 heterocycles. The molecule has 1 aliphatic rings. The van der Waals surface area contributed by atoms with Crippen LogP contribution >= 0.6 is 0 Å². The summed E-state index contributed by atoms with van der Waals surface area (Å²) >= 11 is 0. The lowest BCUT2D eigenvalue weighted by atomic mass is 9.72. The quantitative estimate of drug-likeness (QED) is 0.843. The molecule has 0 bridgehead atoms. The van der Waals surface area contributed by atoms with Crippen LogP contribution < -0.4 is 10.1 Å². The molecule has 0 saturated carbocycles. The van der Waals surface area contributed by atoms with Gasteiger partial charge in [-0.1, -0.05) is 18.2 Å². The normalized spacial score (nSPS) is 17.8. The average molecular weight is 263 g/mol. The number of carbonyl (C=O) groups excluding carboxylic acids is 1. The van der Waals surface area contributed by atoms with Crippen LogP contribution in [0.5, 0.6) is 5.75 Å². The Morgan fingerprint density at radius 2 is 2.00 bits per heavy atom. The van der Waals surface area contributed by atoms with E-state index in [2.05, 4.69) is 5.32 Å². The van der Waals surface area contributed by atoms with Gasteiger partial charge in [0.1, 0.15) is 5.75 Å². The second-order valence-electron chi connectivity index (χ2n) is 4.75.